The summed E-state index contributed by atoms with van der Waals surface area (Å²) >= 11 is 6.60. The molecule has 0 aliphatic carbocycles. The Kier molecular flexibility index (Phi) is 7.40. The third-order valence-electron chi connectivity index (χ3n) is 6.94. The van der Waals surface area contributed by atoms with Crippen LogP contribution in [0.4, 0.5) is 4.79 Å². The van der Waals surface area contributed by atoms with Crippen LogP contribution in [0.15, 0.2) is 41.3 Å². The highest BCUT2D eigenvalue weighted by atomic mass is 35.5. The minimum Gasteiger partial charge on any atom is -0.450 e. The van der Waals surface area contributed by atoms with E-state index in [0.717, 1.165) is 6.26 Å². The lowest BCUT2D eigenvalue weighted by atomic mass is 9.80. The molecule has 204 valence electrons. The van der Waals surface area contributed by atoms with Gasteiger partial charge in [-0.3, -0.25) is 9.59 Å². The van der Waals surface area contributed by atoms with E-state index in [4.69, 9.17) is 21.1 Å². The van der Waals surface area contributed by atoms with E-state index in [1.54, 1.807) is 37.3 Å². The van der Waals surface area contributed by atoms with E-state index < -0.39 is 33.4 Å². The number of piperidine rings is 1. The number of carbonyl (C=O) groups excluding carboxylic acids is 3. The first-order valence-corrected chi connectivity index (χ1v) is 14.7. The number of halogens is 1. The van der Waals surface area contributed by atoms with Crippen molar-refractivity contribution in [2.75, 3.05) is 26.0 Å². The van der Waals surface area contributed by atoms with Crippen molar-refractivity contribution >= 4 is 39.3 Å². The number of ketones is 1. The summed E-state index contributed by atoms with van der Waals surface area (Å²) in [6.45, 7) is 8.43. The fourth-order valence-electron chi connectivity index (χ4n) is 4.83. The first kappa shape index (κ1) is 28.1. The molecule has 0 aromatic heterocycles. The van der Waals surface area contributed by atoms with Crippen LogP contribution in [0.25, 0.3) is 11.1 Å². The zero-order valence-corrected chi connectivity index (χ0v) is 23.7. The number of hydrogen-bond donors (Lipinski definition) is 0. The third kappa shape index (κ3) is 5.59. The highest BCUT2D eigenvalue weighted by Crippen LogP contribution is 2.43. The zero-order valence-electron chi connectivity index (χ0n) is 22.2. The smallest absolute Gasteiger partial charge is 0.409 e. The molecular weight excluding hydrogens is 530 g/mol. The van der Waals surface area contributed by atoms with Gasteiger partial charge in [0.25, 0.3) is 0 Å². The summed E-state index contributed by atoms with van der Waals surface area (Å²) in [6, 6.07) is 9.77. The van der Waals surface area contributed by atoms with E-state index in [2.05, 4.69) is 0 Å². The second-order valence-corrected chi connectivity index (χ2v) is 13.7. The van der Waals surface area contributed by atoms with Crippen LogP contribution in [0, 0.1) is 12.3 Å². The van der Waals surface area contributed by atoms with Crippen LogP contribution in [0.5, 0.6) is 0 Å². The Morgan fingerprint density at radius 3 is 2.42 bits per heavy atom. The van der Waals surface area contributed by atoms with Gasteiger partial charge in [0.1, 0.15) is 5.92 Å². The predicted octanol–water partition coefficient (Wildman–Crippen LogP) is 4.95. The van der Waals surface area contributed by atoms with Crippen LogP contribution < -0.4 is 0 Å². The molecular formula is C28H32ClNO7S. The summed E-state index contributed by atoms with van der Waals surface area (Å²) in [7, 11) is -3.41. The molecule has 1 spiro atoms. The maximum absolute atomic E-state index is 13.6. The Hall–Kier alpha value is -2.91. The van der Waals surface area contributed by atoms with Gasteiger partial charge in [-0.2, -0.15) is 0 Å². The number of esters is 1. The van der Waals surface area contributed by atoms with E-state index in [0.29, 0.717) is 22.3 Å². The molecule has 1 amide bonds. The molecule has 1 unspecified atom stereocenters. The lowest BCUT2D eigenvalue weighted by Gasteiger charge is -2.36. The summed E-state index contributed by atoms with van der Waals surface area (Å²) in [4.78, 5) is 40.8. The summed E-state index contributed by atoms with van der Waals surface area (Å²) in [5.41, 5.74) is 0.858. The van der Waals surface area contributed by atoms with Gasteiger partial charge in [-0.05, 0) is 53.3 Å². The van der Waals surface area contributed by atoms with Crippen molar-refractivity contribution < 1.29 is 32.3 Å². The highest BCUT2D eigenvalue weighted by molar-refractivity contribution is 7.90. The molecule has 10 heteroatoms. The Morgan fingerprint density at radius 2 is 1.82 bits per heavy atom. The van der Waals surface area contributed by atoms with E-state index >= 15 is 0 Å². The molecule has 2 fully saturated rings. The van der Waals surface area contributed by atoms with Gasteiger partial charge in [-0.1, -0.05) is 44.5 Å². The minimum atomic E-state index is -3.41. The molecule has 8 nitrogen and oxygen atoms in total. The van der Waals surface area contributed by atoms with Crippen LogP contribution in [-0.2, 0) is 28.9 Å². The van der Waals surface area contributed by atoms with Crippen molar-refractivity contribution in [1.82, 2.24) is 4.90 Å². The quantitative estimate of drug-likeness (QED) is 0.384. The molecule has 38 heavy (non-hydrogen) atoms. The summed E-state index contributed by atoms with van der Waals surface area (Å²) in [5.74, 6) is -2.09. The van der Waals surface area contributed by atoms with Crippen molar-refractivity contribution in [1.29, 1.82) is 0 Å². The van der Waals surface area contributed by atoms with E-state index in [-0.39, 0.29) is 53.7 Å². The van der Waals surface area contributed by atoms with Gasteiger partial charge in [0, 0.05) is 42.8 Å². The maximum atomic E-state index is 13.6. The number of carbonyl (C=O) groups is 3. The fourth-order valence-corrected chi connectivity index (χ4v) is 5.78. The first-order chi connectivity index (χ1) is 17.6. The molecule has 4 rings (SSSR count). The lowest BCUT2D eigenvalue weighted by Crippen LogP contribution is -2.50. The molecule has 2 aliphatic rings. The molecule has 2 saturated heterocycles. The van der Waals surface area contributed by atoms with Crippen LogP contribution in [0.2, 0.25) is 5.02 Å². The summed E-state index contributed by atoms with van der Waals surface area (Å²) < 4.78 is 35.1. The van der Waals surface area contributed by atoms with Crippen molar-refractivity contribution in [3.8, 4) is 11.1 Å². The molecule has 2 aromatic rings. The van der Waals surface area contributed by atoms with Gasteiger partial charge in [0.2, 0.25) is 0 Å². The standard InChI is InChI=1S/C28H32ClNO7S/c1-17-13-21(18-7-6-8-19(14-18)38(5,34)35)22(29)15-20(17)23-24(31)28(37-25(23)32)9-11-30(12-10-28)26(33)36-16-27(2,3)4/h6-8,13-15,23H,9-12,16H2,1-5H3. The SMILES string of the molecule is Cc1cc(-c2cccc(S(C)(=O)=O)c2)c(Cl)cc1C1C(=O)OC2(CCN(C(=O)OCC(C)(C)C)CC2)C1=O. The Morgan fingerprint density at radius 1 is 1.16 bits per heavy atom. The first-order valence-electron chi connectivity index (χ1n) is 12.4. The zero-order chi connectivity index (χ0) is 28.0. The van der Waals surface area contributed by atoms with Gasteiger partial charge in [-0.25, -0.2) is 13.2 Å². The lowest BCUT2D eigenvalue weighted by molar-refractivity contribution is -0.156. The second kappa shape index (κ2) is 10.0. The number of ether oxygens (including phenoxy) is 2. The molecule has 0 radical (unpaired) electrons. The number of aryl methyl sites for hydroxylation is 1. The van der Waals surface area contributed by atoms with Crippen LogP contribution in [0.1, 0.15) is 50.7 Å². The number of rotatable bonds is 4. The van der Waals surface area contributed by atoms with Gasteiger partial charge in [0.05, 0.1) is 11.5 Å². The van der Waals surface area contributed by atoms with Gasteiger partial charge < -0.3 is 14.4 Å². The Balaban J connectivity index is 1.54. The molecule has 2 aliphatic heterocycles. The maximum Gasteiger partial charge on any atom is 0.409 e. The number of amides is 1. The Labute approximate surface area is 228 Å². The summed E-state index contributed by atoms with van der Waals surface area (Å²) in [5, 5.41) is 0.286. The fraction of sp³-hybridized carbons (Fsp3) is 0.464. The monoisotopic (exact) mass is 561 g/mol. The minimum absolute atomic E-state index is 0.165. The van der Waals surface area contributed by atoms with Gasteiger partial charge in [0.15, 0.2) is 21.2 Å². The normalized spacial score (nSPS) is 19.5. The van der Waals surface area contributed by atoms with E-state index in [1.165, 1.54) is 11.0 Å². The Bertz CT molecular complexity index is 1400. The number of Topliss-reactive ketones (excluding diaryl/α,β-unsaturated/α-hetero) is 1. The molecule has 0 saturated carbocycles. The van der Waals surface area contributed by atoms with E-state index in [1.807, 2.05) is 20.8 Å². The number of sulfone groups is 1. The number of likely N-dealkylation sites (tertiary alicyclic amines) is 1. The van der Waals surface area contributed by atoms with Crippen molar-refractivity contribution in [2.45, 2.75) is 57.0 Å². The van der Waals surface area contributed by atoms with Crippen molar-refractivity contribution in [3.63, 3.8) is 0 Å². The van der Waals surface area contributed by atoms with Gasteiger partial charge >= 0.3 is 12.1 Å². The number of hydrogen-bond acceptors (Lipinski definition) is 7. The average molecular weight is 562 g/mol. The molecule has 0 N–H and O–H groups in total. The topological polar surface area (TPSA) is 107 Å². The van der Waals surface area contributed by atoms with Crippen molar-refractivity contribution in [3.05, 3.63) is 52.5 Å². The van der Waals surface area contributed by atoms with Crippen LogP contribution >= 0.6 is 11.6 Å². The second-order valence-electron chi connectivity index (χ2n) is 11.3. The molecule has 0 bridgehead atoms. The van der Waals surface area contributed by atoms with Crippen LogP contribution in [0.3, 0.4) is 0 Å². The highest BCUT2D eigenvalue weighted by Gasteiger charge is 2.57. The van der Waals surface area contributed by atoms with E-state index in [9.17, 15) is 22.8 Å². The van der Waals surface area contributed by atoms with Gasteiger partial charge in [-0.15, -0.1) is 0 Å². The number of nitrogens with zero attached hydrogens (tertiary/aromatic N) is 1. The van der Waals surface area contributed by atoms with Crippen LogP contribution in [-0.4, -0.2) is 62.7 Å². The molecule has 2 aromatic carbocycles. The molecule has 1 atom stereocenters. The third-order valence-corrected chi connectivity index (χ3v) is 8.36. The average Bonchev–Trinajstić information content (AvgIpc) is 3.07. The predicted molar refractivity (Wildman–Crippen MR) is 143 cm³/mol. The number of benzene rings is 2. The largest absolute Gasteiger partial charge is 0.450 e. The summed E-state index contributed by atoms with van der Waals surface area (Å²) in [6.07, 6.45) is 1.08. The molecule has 2 heterocycles. The van der Waals surface area contributed by atoms with Crippen molar-refractivity contribution in [2.24, 2.45) is 5.41 Å².